The maximum Gasteiger partial charge on any atom is 0.217 e. The van der Waals surface area contributed by atoms with E-state index in [2.05, 4.69) is 21.3 Å². The van der Waals surface area contributed by atoms with Crippen molar-refractivity contribution in [3.63, 3.8) is 0 Å². The molecule has 8 saturated heterocycles. The number of ether oxygens (including phenoxy) is 16. The summed E-state index contributed by atoms with van der Waals surface area (Å²) < 4.78 is 94.5. The number of carbonyl (C=O) groups excluding carboxylic acids is 4. The molecule has 0 aromatic rings. The maximum absolute atomic E-state index is 13.0. The van der Waals surface area contributed by atoms with Crippen molar-refractivity contribution in [1.29, 1.82) is 0 Å². The molecule has 0 aromatic carbocycles. The number of aliphatic hydroxyl groups excluding tert-OH is 24. The average Bonchev–Trinajstić information content (AvgIpc) is 0.764. The van der Waals surface area contributed by atoms with Crippen LogP contribution < -0.4 is 21.3 Å². The number of carbonyl (C=O) groups is 4. The maximum atomic E-state index is 13.0. The molecule has 110 heavy (non-hydrogen) atoms. The molecule has 8 rings (SSSR count). The van der Waals surface area contributed by atoms with E-state index in [1.807, 2.05) is 0 Å². The molecular formula is C62H106N4O44. The predicted octanol–water partition coefficient (Wildman–Crippen LogP) is -18.4. The van der Waals surface area contributed by atoms with Gasteiger partial charge in [0.25, 0.3) is 0 Å². The molecule has 44 atom stereocenters. The lowest BCUT2D eigenvalue weighted by atomic mass is 9.94. The highest BCUT2D eigenvalue weighted by Crippen LogP contribution is 2.40. The van der Waals surface area contributed by atoms with Crippen LogP contribution in [0.2, 0.25) is 0 Å². The van der Waals surface area contributed by atoms with Gasteiger partial charge in [0.15, 0.2) is 50.3 Å². The summed E-state index contributed by atoms with van der Waals surface area (Å²) in [7, 11) is 0. The highest BCUT2D eigenvalue weighted by atomic mass is 16.8. The Labute approximate surface area is 625 Å². The molecule has 8 fully saturated rings. The van der Waals surface area contributed by atoms with Crippen LogP contribution in [0.15, 0.2) is 0 Å². The summed E-state index contributed by atoms with van der Waals surface area (Å²) in [6.07, 6.45) is -79.7. The van der Waals surface area contributed by atoms with Crippen LogP contribution >= 0.6 is 0 Å². The molecule has 8 heterocycles. The van der Waals surface area contributed by atoms with Crippen molar-refractivity contribution in [3.05, 3.63) is 0 Å². The summed E-state index contributed by atoms with van der Waals surface area (Å²) in [5.74, 6) is -3.63. The first-order valence-electron chi connectivity index (χ1n) is 35.3. The third kappa shape index (κ3) is 20.8. The molecule has 0 aromatic heterocycles. The van der Waals surface area contributed by atoms with Gasteiger partial charge in [-0.15, -0.1) is 0 Å². The quantitative estimate of drug-likeness (QED) is 0.0306. The van der Waals surface area contributed by atoms with Crippen LogP contribution in [0.25, 0.3) is 0 Å². The standard InChI is InChI=1S/C62H106N4O44/c1-15-32(79)42(89)45(92)58(96-15)109-53-44(91)36(83)24(9-69)100-61(53)105-50-28(13-73)103-57(31(41(50)88)66-20(6)77)107-51-37(84)25(10-70)99-60(47(51)94)104-48(21(7-67)63-17(3)74)34(81)22(78)14-95-55-30(65-19(5)76)40(87)49(27(12-72)102-55)106-62-54(110-59-46(93)43(90)33(80)16(2)97-59)52(38(85)26(11-71)101-62)108-56-29(64-18(4)75)39(86)35(82)23(8-68)98-56/h15-16,21-62,67-73,78-94H,7-14H2,1-6H3,(H,63,74)(H,64,75)(H,65,76)(H,66,77)/t15-,16-,21-,22+,23+,24+,25+,26+,27+,28+,29+,30+,31+,32+,33+,34-,35-,36-,37-,38-,39+,40+,41+,42+,43+,44-,45-,46-,47+,48+,49+,50+,51-,52-,53+,54+,55+,56+,57-,58-,59-,60-,61-,62-/m0/s1. The zero-order valence-corrected chi connectivity index (χ0v) is 60.0. The van der Waals surface area contributed by atoms with E-state index < -0.39 is 346 Å². The van der Waals surface area contributed by atoms with Crippen LogP contribution in [0.4, 0.5) is 0 Å². The molecule has 8 aliphatic heterocycles. The van der Waals surface area contributed by atoms with Crippen molar-refractivity contribution >= 4 is 23.6 Å². The lowest BCUT2D eigenvalue weighted by Gasteiger charge is -2.51. The summed E-state index contributed by atoms with van der Waals surface area (Å²) in [5.41, 5.74) is 0. The first-order valence-corrected chi connectivity index (χ1v) is 35.3. The van der Waals surface area contributed by atoms with E-state index in [1.54, 1.807) is 0 Å². The number of hydrogen-bond donors (Lipinski definition) is 28. The Kier molecular flexibility index (Phi) is 33.7. The molecule has 48 heteroatoms. The second-order valence-corrected chi connectivity index (χ2v) is 27.9. The zero-order valence-electron chi connectivity index (χ0n) is 60.0. The third-order valence-electron chi connectivity index (χ3n) is 19.9. The fraction of sp³-hybridized carbons (Fsp3) is 0.935. The molecule has 0 saturated carbocycles. The normalized spacial score (nSPS) is 46.6. The van der Waals surface area contributed by atoms with E-state index in [0.29, 0.717) is 0 Å². The minimum atomic E-state index is -2.48. The van der Waals surface area contributed by atoms with Crippen LogP contribution in [0.5, 0.6) is 0 Å². The molecule has 8 aliphatic rings. The van der Waals surface area contributed by atoms with Gasteiger partial charge in [0.05, 0.1) is 71.1 Å². The summed E-state index contributed by atoms with van der Waals surface area (Å²) in [4.78, 5) is 51.0. The van der Waals surface area contributed by atoms with Crippen molar-refractivity contribution in [3.8, 4) is 0 Å². The van der Waals surface area contributed by atoms with Gasteiger partial charge in [-0.3, -0.25) is 19.2 Å². The summed E-state index contributed by atoms with van der Waals surface area (Å²) >= 11 is 0. The van der Waals surface area contributed by atoms with E-state index in [9.17, 15) is 142 Å². The van der Waals surface area contributed by atoms with Crippen LogP contribution in [0.3, 0.4) is 0 Å². The molecular weight excluding hydrogens is 1500 g/mol. The Balaban J connectivity index is 1.02. The van der Waals surface area contributed by atoms with E-state index in [4.69, 9.17) is 75.8 Å². The van der Waals surface area contributed by atoms with Gasteiger partial charge in [-0.1, -0.05) is 0 Å². The van der Waals surface area contributed by atoms with Gasteiger partial charge in [-0.2, -0.15) is 0 Å². The summed E-state index contributed by atoms with van der Waals surface area (Å²) in [5, 5.41) is 275. The largest absolute Gasteiger partial charge is 0.394 e. The second kappa shape index (κ2) is 40.4. The third-order valence-corrected chi connectivity index (χ3v) is 19.9. The highest BCUT2D eigenvalue weighted by Gasteiger charge is 2.60. The fourth-order valence-corrected chi connectivity index (χ4v) is 13.9. The minimum Gasteiger partial charge on any atom is -0.394 e. The second-order valence-electron chi connectivity index (χ2n) is 27.9. The molecule has 0 aliphatic carbocycles. The Morgan fingerprint density at radius 3 is 1.13 bits per heavy atom. The fourth-order valence-electron chi connectivity index (χ4n) is 13.9. The molecule has 48 nitrogen and oxygen atoms in total. The van der Waals surface area contributed by atoms with Gasteiger partial charge in [-0.05, 0) is 13.8 Å². The van der Waals surface area contributed by atoms with Crippen molar-refractivity contribution in [2.45, 2.75) is 311 Å². The van der Waals surface area contributed by atoms with Crippen LogP contribution in [0.1, 0.15) is 41.5 Å². The minimum absolute atomic E-state index is 0.829. The van der Waals surface area contributed by atoms with E-state index in [0.717, 1.165) is 27.7 Å². The lowest BCUT2D eigenvalue weighted by Crippen LogP contribution is -2.70. The molecule has 0 spiro atoms. The number of aliphatic hydroxyl groups is 24. The Morgan fingerprint density at radius 2 is 0.682 bits per heavy atom. The van der Waals surface area contributed by atoms with Crippen molar-refractivity contribution < 1.29 is 218 Å². The topological polar surface area (TPSA) is 750 Å². The van der Waals surface area contributed by atoms with Crippen molar-refractivity contribution in [1.82, 2.24) is 21.3 Å². The van der Waals surface area contributed by atoms with Gasteiger partial charge in [-0.25, -0.2) is 0 Å². The van der Waals surface area contributed by atoms with Gasteiger partial charge in [0.1, 0.15) is 201 Å². The van der Waals surface area contributed by atoms with E-state index in [-0.39, 0.29) is 0 Å². The SMILES string of the molecule is CC(=O)N[C@H]1[C@H](O[C@H]2[C@@H](O)[C@@H](CO)O[C@@H](O[C@@H]([C@@H](O)[C@H](O)CO[C@@H]3O[C@H](CO)[C@@H](O[C@@H]4O[C@H](CO)[C@H](O)[C@H](O[C@H]5O[C@H](CO)[C@H](O)[C@H](O)[C@H]5NC(C)=O)[C@H]4O[C@@H]4O[C@@H](C)[C@@H](O)[C@@H](O)[C@@H]4O)[C@H](O)[C@H]3NC(C)=O)[C@H](CO)NC(C)=O)[C@@H]2O)O[C@H](CO)[C@@H](O[C@@H]2O[C@H](CO)[C@H](O)[C@H](O)[C@H]2O[C@@H]2O[C@@H](C)[C@@H](O)[C@@H](O)[C@@H]2O)[C@@H]1O. The Morgan fingerprint density at radius 1 is 0.327 bits per heavy atom. The predicted molar refractivity (Wildman–Crippen MR) is 343 cm³/mol. The number of hydrogen-bond acceptors (Lipinski definition) is 44. The summed E-state index contributed by atoms with van der Waals surface area (Å²) in [6, 6.07) is -7.38. The van der Waals surface area contributed by atoms with Crippen molar-refractivity contribution in [2.24, 2.45) is 0 Å². The van der Waals surface area contributed by atoms with Crippen LogP contribution in [0, 0.1) is 0 Å². The van der Waals surface area contributed by atoms with Gasteiger partial charge < -0.3 is 220 Å². The van der Waals surface area contributed by atoms with Gasteiger partial charge in [0.2, 0.25) is 23.6 Å². The lowest BCUT2D eigenvalue weighted by molar-refractivity contribution is -0.398. The highest BCUT2D eigenvalue weighted by molar-refractivity contribution is 5.74. The van der Waals surface area contributed by atoms with E-state index >= 15 is 0 Å². The molecule has 4 amide bonds. The van der Waals surface area contributed by atoms with Crippen molar-refractivity contribution in [2.75, 3.05) is 52.9 Å². The molecule has 0 unspecified atom stereocenters. The van der Waals surface area contributed by atoms with Gasteiger partial charge in [0, 0.05) is 27.7 Å². The molecule has 0 bridgehead atoms. The first-order chi connectivity index (χ1) is 51.9. The van der Waals surface area contributed by atoms with Crippen LogP contribution in [-0.4, -0.2) is 469 Å². The molecule has 0 radical (unpaired) electrons. The number of nitrogens with one attached hydrogen (secondary N) is 4. The zero-order chi connectivity index (χ0) is 81.5. The first kappa shape index (κ1) is 91.8. The Bertz CT molecular complexity index is 2880. The number of rotatable bonds is 31. The monoisotopic (exact) mass is 1610 g/mol. The van der Waals surface area contributed by atoms with Crippen LogP contribution in [-0.2, 0) is 95.0 Å². The van der Waals surface area contributed by atoms with E-state index in [1.165, 1.54) is 13.8 Å². The Hall–Kier alpha value is -3.72. The smallest absolute Gasteiger partial charge is 0.217 e. The average molecular weight is 1610 g/mol. The molecule has 28 N–H and O–H groups in total. The number of amides is 4. The van der Waals surface area contributed by atoms with Gasteiger partial charge >= 0.3 is 0 Å². The molecule has 638 valence electrons. The summed E-state index contributed by atoms with van der Waals surface area (Å²) in [6.45, 7) is -2.50.